The maximum Gasteiger partial charge on any atom is 0.249 e. The Morgan fingerprint density at radius 1 is 1.57 bits per heavy atom. The maximum absolute atomic E-state index is 11.2. The third-order valence-electron chi connectivity index (χ3n) is 1.78. The zero-order valence-electron chi connectivity index (χ0n) is 7.04. The molecule has 8 heteroatoms. The number of sulfonamides is 1. The van der Waals surface area contributed by atoms with Crippen LogP contribution < -0.4 is 10.9 Å². The van der Waals surface area contributed by atoms with E-state index < -0.39 is 10.0 Å². The molecular weight excluding hydrogens is 224 g/mol. The molecule has 0 saturated carbocycles. The monoisotopic (exact) mass is 232 g/mol. The summed E-state index contributed by atoms with van der Waals surface area (Å²) in [6.07, 6.45) is 3.08. The molecule has 0 saturated heterocycles. The Balaban J connectivity index is 2.83. The van der Waals surface area contributed by atoms with Gasteiger partial charge in [0, 0.05) is 6.54 Å². The molecule has 2 aromatic heterocycles. The molecule has 0 unspecified atom stereocenters. The highest BCUT2D eigenvalue weighted by Gasteiger charge is 2.19. The van der Waals surface area contributed by atoms with Crippen molar-refractivity contribution in [3.8, 4) is 0 Å². The van der Waals surface area contributed by atoms with Crippen molar-refractivity contribution in [2.45, 2.75) is 10.8 Å². The SMILES string of the molecule is NCc1c(S(N)(=O)=O)sc2cncn12. The highest BCUT2D eigenvalue weighted by Crippen LogP contribution is 2.26. The number of imidazole rings is 1. The molecule has 6 nitrogen and oxygen atoms in total. The highest BCUT2D eigenvalue weighted by atomic mass is 32.2. The minimum absolute atomic E-state index is 0.109. The molecule has 0 bridgehead atoms. The Hall–Kier alpha value is -0.960. The van der Waals surface area contributed by atoms with Crippen molar-refractivity contribution in [2.75, 3.05) is 0 Å². The van der Waals surface area contributed by atoms with Crippen LogP contribution in [0.2, 0.25) is 0 Å². The number of hydrogen-bond acceptors (Lipinski definition) is 5. The highest BCUT2D eigenvalue weighted by molar-refractivity contribution is 7.91. The van der Waals surface area contributed by atoms with E-state index in [2.05, 4.69) is 4.98 Å². The largest absolute Gasteiger partial charge is 0.325 e. The van der Waals surface area contributed by atoms with Crippen molar-refractivity contribution in [2.24, 2.45) is 10.9 Å². The predicted octanol–water partition coefficient (Wildman–Crippen LogP) is -0.498. The molecule has 0 radical (unpaired) electrons. The second-order valence-corrected chi connectivity index (χ2v) is 5.47. The normalized spacial score (nSPS) is 12.4. The Labute approximate surface area is 84.2 Å². The summed E-state index contributed by atoms with van der Waals surface area (Å²) < 4.78 is 24.1. The molecule has 2 heterocycles. The van der Waals surface area contributed by atoms with Gasteiger partial charge in [0.25, 0.3) is 0 Å². The van der Waals surface area contributed by atoms with Crippen molar-refractivity contribution in [3.05, 3.63) is 18.2 Å². The first-order valence-electron chi connectivity index (χ1n) is 3.70. The van der Waals surface area contributed by atoms with Gasteiger partial charge < -0.3 is 5.73 Å². The van der Waals surface area contributed by atoms with Gasteiger partial charge in [-0.1, -0.05) is 0 Å². The number of primary sulfonamides is 1. The van der Waals surface area contributed by atoms with E-state index >= 15 is 0 Å². The molecule has 2 aromatic rings. The molecule has 76 valence electrons. The van der Waals surface area contributed by atoms with Crippen LogP contribution in [0.25, 0.3) is 4.83 Å². The van der Waals surface area contributed by atoms with Gasteiger partial charge >= 0.3 is 0 Å². The molecule has 4 N–H and O–H groups in total. The van der Waals surface area contributed by atoms with E-state index in [1.807, 2.05) is 0 Å². The number of hydrogen-bond donors (Lipinski definition) is 2. The Bertz CT molecular complexity index is 568. The lowest BCUT2D eigenvalue weighted by Gasteiger charge is -1.97. The third-order valence-corrected chi connectivity index (χ3v) is 4.41. The van der Waals surface area contributed by atoms with Crippen LogP contribution in [0.15, 0.2) is 16.7 Å². The first-order valence-corrected chi connectivity index (χ1v) is 6.07. The van der Waals surface area contributed by atoms with Gasteiger partial charge in [0.1, 0.15) is 11.2 Å². The fraction of sp³-hybridized carbons (Fsp3) is 0.167. The summed E-state index contributed by atoms with van der Waals surface area (Å²) in [7, 11) is -3.69. The average molecular weight is 232 g/mol. The van der Waals surface area contributed by atoms with Crippen molar-refractivity contribution in [3.63, 3.8) is 0 Å². The van der Waals surface area contributed by atoms with Crippen LogP contribution in [0.4, 0.5) is 0 Å². The van der Waals surface area contributed by atoms with Crippen LogP contribution >= 0.6 is 11.3 Å². The quantitative estimate of drug-likeness (QED) is 0.728. The zero-order chi connectivity index (χ0) is 10.3. The Kier molecular flexibility index (Phi) is 2.07. The molecule has 0 spiro atoms. The molecule has 14 heavy (non-hydrogen) atoms. The molecule has 0 aliphatic carbocycles. The van der Waals surface area contributed by atoms with Gasteiger partial charge in [-0.3, -0.25) is 4.40 Å². The minimum atomic E-state index is -3.69. The van der Waals surface area contributed by atoms with E-state index in [1.165, 1.54) is 6.33 Å². The van der Waals surface area contributed by atoms with Gasteiger partial charge in [0.05, 0.1) is 11.9 Å². The summed E-state index contributed by atoms with van der Waals surface area (Å²) in [5, 5.41) is 5.05. The first-order chi connectivity index (χ1) is 6.54. The summed E-state index contributed by atoms with van der Waals surface area (Å²) in [4.78, 5) is 4.59. The van der Waals surface area contributed by atoms with Crippen LogP contribution in [0.5, 0.6) is 0 Å². The second-order valence-electron chi connectivity index (χ2n) is 2.69. The average Bonchev–Trinajstić information content (AvgIpc) is 2.58. The lowest BCUT2D eigenvalue weighted by molar-refractivity contribution is 0.598. The lowest BCUT2D eigenvalue weighted by Crippen LogP contribution is -2.14. The van der Waals surface area contributed by atoms with Crippen LogP contribution in [0.3, 0.4) is 0 Å². The van der Waals surface area contributed by atoms with Crippen molar-refractivity contribution in [1.29, 1.82) is 0 Å². The Morgan fingerprint density at radius 2 is 2.29 bits per heavy atom. The first kappa shape index (κ1) is 9.59. The third kappa shape index (κ3) is 1.32. The van der Waals surface area contributed by atoms with Crippen molar-refractivity contribution in [1.82, 2.24) is 9.38 Å². The fourth-order valence-corrected chi connectivity index (χ4v) is 3.31. The van der Waals surface area contributed by atoms with E-state index in [4.69, 9.17) is 10.9 Å². The van der Waals surface area contributed by atoms with Gasteiger partial charge in [-0.15, -0.1) is 11.3 Å². The van der Waals surface area contributed by atoms with Gasteiger partial charge in [-0.05, 0) is 0 Å². The predicted molar refractivity (Wildman–Crippen MR) is 52.3 cm³/mol. The van der Waals surface area contributed by atoms with Crippen molar-refractivity contribution < 1.29 is 8.42 Å². The van der Waals surface area contributed by atoms with E-state index in [1.54, 1.807) is 10.6 Å². The van der Waals surface area contributed by atoms with Gasteiger partial charge in [-0.2, -0.15) is 0 Å². The summed E-state index contributed by atoms with van der Waals surface area (Å²) in [5.74, 6) is 0. The summed E-state index contributed by atoms with van der Waals surface area (Å²) in [6, 6.07) is 0. The van der Waals surface area contributed by atoms with Gasteiger partial charge in [0.15, 0.2) is 4.21 Å². The van der Waals surface area contributed by atoms with E-state index in [-0.39, 0.29) is 10.8 Å². The van der Waals surface area contributed by atoms with E-state index in [9.17, 15) is 8.42 Å². The van der Waals surface area contributed by atoms with Gasteiger partial charge in [-0.25, -0.2) is 18.5 Å². The Morgan fingerprint density at radius 3 is 2.86 bits per heavy atom. The second kappa shape index (κ2) is 3.02. The van der Waals surface area contributed by atoms with Crippen LogP contribution in [-0.2, 0) is 16.6 Å². The molecule has 0 fully saturated rings. The number of nitrogens with two attached hydrogens (primary N) is 2. The number of thiazole rings is 1. The number of rotatable bonds is 2. The van der Waals surface area contributed by atoms with Crippen LogP contribution in [0, 0.1) is 0 Å². The smallest absolute Gasteiger partial charge is 0.249 e. The minimum Gasteiger partial charge on any atom is -0.325 e. The van der Waals surface area contributed by atoms with Gasteiger partial charge in [0.2, 0.25) is 10.0 Å². The number of fused-ring (bicyclic) bond motifs is 1. The molecule has 0 aliphatic rings. The summed E-state index contributed by atoms with van der Waals surface area (Å²) in [5.41, 5.74) is 5.93. The molecule has 2 rings (SSSR count). The molecule has 0 amide bonds. The fourth-order valence-electron chi connectivity index (χ4n) is 1.22. The van der Waals surface area contributed by atoms with Crippen LogP contribution in [-0.4, -0.2) is 17.8 Å². The van der Waals surface area contributed by atoms with E-state index in [0.29, 0.717) is 5.69 Å². The number of aromatic nitrogens is 2. The molecule has 0 atom stereocenters. The zero-order valence-corrected chi connectivity index (χ0v) is 8.68. The summed E-state index contributed by atoms with van der Waals surface area (Å²) >= 11 is 1.07. The topological polar surface area (TPSA) is 103 Å². The van der Waals surface area contributed by atoms with Crippen molar-refractivity contribution >= 4 is 26.2 Å². The molecule has 0 aliphatic heterocycles. The molecular formula is C6H8N4O2S2. The number of nitrogens with zero attached hydrogens (tertiary/aromatic N) is 2. The van der Waals surface area contributed by atoms with E-state index in [0.717, 1.165) is 16.2 Å². The molecule has 0 aromatic carbocycles. The standard InChI is InChI=1S/C6H8N4O2S2/c7-1-4-6(14(8,11)12)13-5-2-9-3-10(4)5/h2-3H,1,7H2,(H2,8,11,12). The summed E-state index contributed by atoms with van der Waals surface area (Å²) in [6.45, 7) is 0.113. The lowest BCUT2D eigenvalue weighted by atomic mass is 10.5. The van der Waals surface area contributed by atoms with Crippen LogP contribution in [0.1, 0.15) is 5.69 Å². The maximum atomic E-state index is 11.2.